The number of rotatable bonds is 5. The molecule has 8 heteroatoms. The smallest absolute Gasteiger partial charge is 0.363 e. The first-order chi connectivity index (χ1) is 14.4. The van der Waals surface area contributed by atoms with Gasteiger partial charge in [-0.1, -0.05) is 0 Å². The quantitative estimate of drug-likeness (QED) is 0.312. The highest BCUT2D eigenvalue weighted by Gasteiger charge is 2.55. The minimum Gasteiger partial charge on any atom is -0.493 e. The second kappa shape index (κ2) is 6.82. The molecule has 0 unspecified atom stereocenters. The number of nitrogens with zero attached hydrogens (tertiary/aromatic N) is 2. The van der Waals surface area contributed by atoms with Crippen molar-refractivity contribution in [3.05, 3.63) is 33.5 Å². The lowest BCUT2D eigenvalue weighted by Crippen LogP contribution is -2.50. The molecule has 8 nitrogen and oxygen atoms in total. The molecule has 1 aromatic carbocycles. The summed E-state index contributed by atoms with van der Waals surface area (Å²) in [5, 5.41) is 11.6. The molecule has 0 radical (unpaired) electrons. The van der Waals surface area contributed by atoms with Crippen LogP contribution >= 0.6 is 0 Å². The van der Waals surface area contributed by atoms with Crippen LogP contribution in [0.1, 0.15) is 44.1 Å². The van der Waals surface area contributed by atoms with E-state index < -0.39 is 10.9 Å². The Morgan fingerprint density at radius 1 is 1.10 bits per heavy atom. The van der Waals surface area contributed by atoms with E-state index in [1.165, 1.54) is 51.7 Å². The number of cyclic esters (lactones) is 1. The molecule has 158 valence electrons. The first-order valence-corrected chi connectivity index (χ1v) is 10.3. The summed E-state index contributed by atoms with van der Waals surface area (Å²) >= 11 is 0. The van der Waals surface area contributed by atoms with Gasteiger partial charge in [0, 0.05) is 5.41 Å². The lowest BCUT2D eigenvalue weighted by atomic mass is 9.49. The summed E-state index contributed by atoms with van der Waals surface area (Å²) in [6.45, 7) is 0. The van der Waals surface area contributed by atoms with Crippen LogP contribution in [0.25, 0.3) is 6.08 Å². The molecule has 4 fully saturated rings. The van der Waals surface area contributed by atoms with E-state index in [2.05, 4.69) is 4.99 Å². The molecular formula is C22H24N2O6. The van der Waals surface area contributed by atoms with Crippen molar-refractivity contribution in [3.63, 3.8) is 0 Å². The van der Waals surface area contributed by atoms with E-state index in [1.54, 1.807) is 0 Å². The molecule has 1 aromatic rings. The first-order valence-electron chi connectivity index (χ1n) is 10.3. The van der Waals surface area contributed by atoms with Crippen molar-refractivity contribution in [2.75, 3.05) is 14.2 Å². The Labute approximate surface area is 174 Å². The van der Waals surface area contributed by atoms with Gasteiger partial charge in [-0.05, 0) is 68.4 Å². The summed E-state index contributed by atoms with van der Waals surface area (Å²) in [6, 6.07) is 2.77. The van der Waals surface area contributed by atoms with E-state index in [9.17, 15) is 14.9 Å². The van der Waals surface area contributed by atoms with Crippen molar-refractivity contribution in [1.82, 2.24) is 0 Å². The van der Waals surface area contributed by atoms with Gasteiger partial charge < -0.3 is 14.2 Å². The van der Waals surface area contributed by atoms with Crippen LogP contribution in [0.5, 0.6) is 11.5 Å². The fourth-order valence-electron chi connectivity index (χ4n) is 6.31. The Morgan fingerprint density at radius 3 is 2.20 bits per heavy atom. The fourth-order valence-corrected chi connectivity index (χ4v) is 6.31. The minimum absolute atomic E-state index is 0.0936. The lowest BCUT2D eigenvalue weighted by Gasteiger charge is -2.55. The number of ether oxygens (including phenoxy) is 3. The van der Waals surface area contributed by atoms with Gasteiger partial charge in [-0.3, -0.25) is 10.1 Å². The second-order valence-electron chi connectivity index (χ2n) is 9.06. The Morgan fingerprint density at radius 2 is 1.67 bits per heavy atom. The topological polar surface area (TPSA) is 100 Å². The number of hydrogen-bond donors (Lipinski definition) is 0. The molecule has 1 aliphatic heterocycles. The summed E-state index contributed by atoms with van der Waals surface area (Å²) in [5.41, 5.74) is -0.0219. The summed E-state index contributed by atoms with van der Waals surface area (Å²) in [6.07, 6.45) is 8.32. The average molecular weight is 412 g/mol. The Hall–Kier alpha value is -2.90. The molecule has 6 rings (SSSR count). The number of nitro benzene ring substituents is 1. The van der Waals surface area contributed by atoms with E-state index in [-0.39, 0.29) is 28.1 Å². The van der Waals surface area contributed by atoms with Crippen LogP contribution in [0.4, 0.5) is 5.69 Å². The zero-order chi connectivity index (χ0) is 21.0. The van der Waals surface area contributed by atoms with Crippen molar-refractivity contribution in [3.8, 4) is 11.5 Å². The molecule has 0 atom stereocenters. The van der Waals surface area contributed by atoms with Gasteiger partial charge in [-0.25, -0.2) is 9.79 Å². The van der Waals surface area contributed by atoms with Crippen LogP contribution in [0.3, 0.4) is 0 Å². The van der Waals surface area contributed by atoms with Crippen molar-refractivity contribution in [1.29, 1.82) is 0 Å². The van der Waals surface area contributed by atoms with Crippen molar-refractivity contribution in [2.45, 2.75) is 38.5 Å². The Bertz CT molecular complexity index is 960. The summed E-state index contributed by atoms with van der Waals surface area (Å²) < 4.78 is 16.1. The molecule has 4 bridgehead atoms. The third kappa shape index (κ3) is 2.97. The minimum atomic E-state index is -0.551. The molecule has 4 saturated carbocycles. The zero-order valence-corrected chi connectivity index (χ0v) is 17.1. The standard InChI is InChI=1S/C22H24N2O6/c1-28-18-7-15(17(24(26)27)8-19(18)29-2)6-16-20(25)30-21(23-16)22-9-12-3-13(10-22)5-14(4-12)11-22/h6-8,12-14H,3-5,9-11H2,1-2H3/b16-6-. The molecule has 0 spiro atoms. The third-order valence-electron chi connectivity index (χ3n) is 7.13. The largest absolute Gasteiger partial charge is 0.493 e. The summed E-state index contributed by atoms with van der Waals surface area (Å²) in [5.74, 6) is 2.63. The number of hydrogen-bond acceptors (Lipinski definition) is 7. The highest BCUT2D eigenvalue weighted by molar-refractivity contribution is 6.09. The number of carbonyl (C=O) groups excluding carboxylic acids is 1. The van der Waals surface area contributed by atoms with E-state index >= 15 is 0 Å². The molecule has 0 saturated heterocycles. The first kappa shape index (κ1) is 19.1. The molecule has 30 heavy (non-hydrogen) atoms. The number of carbonyl (C=O) groups is 1. The van der Waals surface area contributed by atoms with E-state index in [0.717, 1.165) is 19.3 Å². The predicted molar refractivity (Wildman–Crippen MR) is 108 cm³/mol. The summed E-state index contributed by atoms with van der Waals surface area (Å²) in [4.78, 5) is 28.2. The number of nitro groups is 1. The highest BCUT2D eigenvalue weighted by Crippen LogP contribution is 2.61. The molecule has 0 aromatic heterocycles. The van der Waals surface area contributed by atoms with Gasteiger partial charge in [0.05, 0.1) is 30.8 Å². The molecule has 4 aliphatic carbocycles. The van der Waals surface area contributed by atoms with Gasteiger partial charge in [-0.2, -0.15) is 0 Å². The number of esters is 1. The third-order valence-corrected chi connectivity index (χ3v) is 7.13. The number of aliphatic imine (C=N–C) groups is 1. The van der Waals surface area contributed by atoms with Gasteiger partial charge in [-0.15, -0.1) is 0 Å². The van der Waals surface area contributed by atoms with Crippen LogP contribution in [0.15, 0.2) is 22.8 Å². The van der Waals surface area contributed by atoms with Crippen molar-refractivity contribution < 1.29 is 23.9 Å². The van der Waals surface area contributed by atoms with Gasteiger partial charge in [0.25, 0.3) is 5.69 Å². The van der Waals surface area contributed by atoms with Gasteiger partial charge in [0.15, 0.2) is 17.2 Å². The number of benzene rings is 1. The average Bonchev–Trinajstić information content (AvgIpc) is 3.07. The maximum atomic E-state index is 12.6. The maximum absolute atomic E-state index is 12.6. The van der Waals surface area contributed by atoms with Crippen LogP contribution in [-0.4, -0.2) is 31.0 Å². The SMILES string of the molecule is COc1cc(/C=C2\N=C(C34CC5CC(CC(C5)C3)C4)OC2=O)c([N+](=O)[O-])cc1OC. The summed E-state index contributed by atoms with van der Waals surface area (Å²) in [7, 11) is 2.86. The highest BCUT2D eigenvalue weighted by atomic mass is 16.6. The molecular weight excluding hydrogens is 388 g/mol. The van der Waals surface area contributed by atoms with Crippen molar-refractivity contribution in [2.24, 2.45) is 28.2 Å². The molecule has 5 aliphatic rings. The van der Waals surface area contributed by atoms with Crippen LogP contribution < -0.4 is 9.47 Å². The Kier molecular flexibility index (Phi) is 4.34. The van der Waals surface area contributed by atoms with Gasteiger partial charge in [0.2, 0.25) is 5.90 Å². The van der Waals surface area contributed by atoms with Crippen molar-refractivity contribution >= 4 is 23.6 Å². The van der Waals surface area contributed by atoms with Gasteiger partial charge >= 0.3 is 5.97 Å². The van der Waals surface area contributed by atoms with Crippen LogP contribution in [-0.2, 0) is 9.53 Å². The molecule has 0 amide bonds. The maximum Gasteiger partial charge on any atom is 0.363 e. The van der Waals surface area contributed by atoms with E-state index in [4.69, 9.17) is 14.2 Å². The lowest BCUT2D eigenvalue weighted by molar-refractivity contribution is -0.385. The second-order valence-corrected chi connectivity index (χ2v) is 9.06. The molecule has 0 N–H and O–H groups in total. The van der Waals surface area contributed by atoms with Crippen LogP contribution in [0.2, 0.25) is 0 Å². The van der Waals surface area contributed by atoms with Gasteiger partial charge in [0.1, 0.15) is 0 Å². The fraction of sp³-hybridized carbons (Fsp3) is 0.545. The van der Waals surface area contributed by atoms with E-state index in [1.807, 2.05) is 0 Å². The number of methoxy groups -OCH3 is 2. The zero-order valence-electron chi connectivity index (χ0n) is 17.1. The monoisotopic (exact) mass is 412 g/mol. The Balaban J connectivity index is 1.53. The van der Waals surface area contributed by atoms with Crippen LogP contribution in [0, 0.1) is 33.3 Å². The predicted octanol–water partition coefficient (Wildman–Crippen LogP) is 4.12. The molecule has 1 heterocycles. The normalized spacial score (nSPS) is 32.9. The van der Waals surface area contributed by atoms with E-state index in [0.29, 0.717) is 29.4 Å².